The van der Waals surface area contributed by atoms with Gasteiger partial charge >= 0.3 is 0 Å². The number of para-hydroxylation sites is 1. The molecule has 0 unspecified atom stereocenters. The molecule has 5 aromatic rings. The fourth-order valence-electron chi connectivity index (χ4n) is 4.13. The lowest BCUT2D eigenvalue weighted by atomic mass is 10.0. The summed E-state index contributed by atoms with van der Waals surface area (Å²) in [5.41, 5.74) is 3.23. The number of nitrogens with one attached hydrogen (secondary N) is 1. The zero-order valence-electron chi connectivity index (χ0n) is 19.1. The van der Waals surface area contributed by atoms with E-state index in [9.17, 15) is 8.42 Å². The molecular formula is C27H26N4O2S. The first-order valence-electron chi connectivity index (χ1n) is 11.3. The number of anilines is 1. The highest BCUT2D eigenvalue weighted by molar-refractivity contribution is 7.90. The first kappa shape index (κ1) is 22.1. The molecule has 0 bridgehead atoms. The van der Waals surface area contributed by atoms with Crippen LogP contribution in [-0.2, 0) is 10.0 Å². The average molecular weight is 471 g/mol. The van der Waals surface area contributed by atoms with Crippen molar-refractivity contribution in [3.63, 3.8) is 0 Å². The van der Waals surface area contributed by atoms with Crippen LogP contribution in [-0.4, -0.2) is 28.9 Å². The molecule has 5 rings (SSSR count). The highest BCUT2D eigenvalue weighted by Crippen LogP contribution is 2.35. The standard InChI is InChI=1S/C27H26N4O2S/c1-19(2)14-15-28-27-23-16-20(12-13-25(23)29-18-30-27)24-17-31(26-11-7-6-10-22(24)26)34(32,33)21-8-4-3-5-9-21/h3-13,16-19H,14-15H2,1-2H3,(H,28,29,30). The molecule has 1 N–H and O–H groups in total. The highest BCUT2D eigenvalue weighted by atomic mass is 32.2. The Labute approximate surface area is 199 Å². The Kier molecular flexibility index (Phi) is 5.79. The molecule has 0 atom stereocenters. The van der Waals surface area contributed by atoms with Gasteiger partial charge in [-0.25, -0.2) is 22.4 Å². The average Bonchev–Trinajstić information content (AvgIpc) is 3.25. The Balaban J connectivity index is 1.65. The van der Waals surface area contributed by atoms with Crippen molar-refractivity contribution >= 4 is 37.6 Å². The minimum atomic E-state index is -3.74. The summed E-state index contributed by atoms with van der Waals surface area (Å²) in [6.45, 7) is 5.21. The van der Waals surface area contributed by atoms with Crippen molar-refractivity contribution in [2.45, 2.75) is 25.2 Å². The Bertz CT molecular complexity index is 1570. The van der Waals surface area contributed by atoms with E-state index >= 15 is 0 Å². The topological polar surface area (TPSA) is 76.9 Å². The van der Waals surface area contributed by atoms with Gasteiger partial charge in [0.2, 0.25) is 0 Å². The summed E-state index contributed by atoms with van der Waals surface area (Å²) in [6, 6.07) is 22.1. The first-order valence-corrected chi connectivity index (χ1v) is 12.8. The van der Waals surface area contributed by atoms with Crippen LogP contribution in [0.5, 0.6) is 0 Å². The van der Waals surface area contributed by atoms with E-state index in [0.717, 1.165) is 46.2 Å². The van der Waals surface area contributed by atoms with Crippen molar-refractivity contribution in [1.29, 1.82) is 0 Å². The fourth-order valence-corrected chi connectivity index (χ4v) is 5.52. The Morgan fingerprint density at radius 2 is 1.68 bits per heavy atom. The fraction of sp³-hybridized carbons (Fsp3) is 0.185. The number of hydrogen-bond acceptors (Lipinski definition) is 5. The molecule has 0 aliphatic rings. The Morgan fingerprint density at radius 3 is 2.47 bits per heavy atom. The molecular weight excluding hydrogens is 444 g/mol. The van der Waals surface area contributed by atoms with E-state index in [1.807, 2.05) is 48.5 Å². The van der Waals surface area contributed by atoms with Crippen molar-refractivity contribution in [2.75, 3.05) is 11.9 Å². The molecule has 7 heteroatoms. The van der Waals surface area contributed by atoms with Crippen molar-refractivity contribution < 1.29 is 8.42 Å². The number of fused-ring (bicyclic) bond motifs is 2. The molecule has 3 aromatic carbocycles. The maximum Gasteiger partial charge on any atom is 0.268 e. The van der Waals surface area contributed by atoms with Crippen LogP contribution in [0.25, 0.3) is 32.9 Å². The first-order chi connectivity index (χ1) is 16.4. The number of nitrogens with zero attached hydrogens (tertiary/aromatic N) is 3. The molecule has 34 heavy (non-hydrogen) atoms. The Morgan fingerprint density at radius 1 is 0.912 bits per heavy atom. The molecule has 0 aliphatic carbocycles. The number of rotatable bonds is 7. The second kappa shape index (κ2) is 8.91. The molecule has 0 saturated heterocycles. The summed E-state index contributed by atoms with van der Waals surface area (Å²) >= 11 is 0. The molecule has 0 amide bonds. The lowest BCUT2D eigenvalue weighted by Gasteiger charge is -2.10. The molecule has 0 saturated carbocycles. The van der Waals surface area contributed by atoms with Crippen LogP contribution in [0.3, 0.4) is 0 Å². The van der Waals surface area contributed by atoms with Gasteiger partial charge in [-0.3, -0.25) is 0 Å². The van der Waals surface area contributed by atoms with Gasteiger partial charge in [0.1, 0.15) is 12.1 Å². The molecule has 2 aromatic heterocycles. The zero-order valence-corrected chi connectivity index (χ0v) is 20.0. The maximum absolute atomic E-state index is 13.5. The summed E-state index contributed by atoms with van der Waals surface area (Å²) in [5, 5.41) is 5.21. The van der Waals surface area contributed by atoms with Gasteiger partial charge in [0.15, 0.2) is 0 Å². The summed E-state index contributed by atoms with van der Waals surface area (Å²) in [7, 11) is -3.74. The molecule has 0 fully saturated rings. The third-order valence-corrected chi connectivity index (χ3v) is 7.63. The van der Waals surface area contributed by atoms with Gasteiger partial charge in [-0.05, 0) is 48.2 Å². The van der Waals surface area contributed by atoms with Crippen LogP contribution in [0.2, 0.25) is 0 Å². The molecule has 6 nitrogen and oxygen atoms in total. The van der Waals surface area contributed by atoms with Crippen molar-refractivity contribution in [1.82, 2.24) is 13.9 Å². The van der Waals surface area contributed by atoms with Gasteiger partial charge in [-0.1, -0.05) is 56.3 Å². The van der Waals surface area contributed by atoms with E-state index in [4.69, 9.17) is 0 Å². The Hall–Kier alpha value is -3.71. The van der Waals surface area contributed by atoms with Crippen molar-refractivity contribution in [3.8, 4) is 11.1 Å². The summed E-state index contributed by atoms with van der Waals surface area (Å²) in [6.07, 6.45) is 4.32. The summed E-state index contributed by atoms with van der Waals surface area (Å²) in [4.78, 5) is 9.13. The van der Waals surface area contributed by atoms with E-state index in [-0.39, 0.29) is 4.90 Å². The van der Waals surface area contributed by atoms with Gasteiger partial charge < -0.3 is 5.32 Å². The quantitative estimate of drug-likeness (QED) is 0.318. The molecule has 0 aliphatic heterocycles. The molecule has 0 radical (unpaired) electrons. The smallest absolute Gasteiger partial charge is 0.268 e. The van der Waals surface area contributed by atoms with E-state index in [0.29, 0.717) is 11.4 Å². The summed E-state index contributed by atoms with van der Waals surface area (Å²) in [5.74, 6) is 1.38. The predicted octanol–water partition coefficient (Wildman–Crippen LogP) is 5.95. The van der Waals surface area contributed by atoms with E-state index in [1.54, 1.807) is 36.8 Å². The van der Waals surface area contributed by atoms with Crippen LogP contribution < -0.4 is 5.32 Å². The van der Waals surface area contributed by atoms with Crippen LogP contribution >= 0.6 is 0 Å². The maximum atomic E-state index is 13.5. The second-order valence-corrected chi connectivity index (χ2v) is 10.6. The third-order valence-electron chi connectivity index (χ3n) is 5.94. The van der Waals surface area contributed by atoms with Gasteiger partial charge in [-0.15, -0.1) is 0 Å². The highest BCUT2D eigenvalue weighted by Gasteiger charge is 2.21. The normalized spacial score (nSPS) is 12.0. The van der Waals surface area contributed by atoms with Crippen LogP contribution in [0.4, 0.5) is 5.82 Å². The monoisotopic (exact) mass is 470 g/mol. The van der Waals surface area contributed by atoms with Crippen molar-refractivity contribution in [2.24, 2.45) is 5.92 Å². The van der Waals surface area contributed by atoms with E-state index in [2.05, 4.69) is 29.1 Å². The lowest BCUT2D eigenvalue weighted by Crippen LogP contribution is -2.11. The van der Waals surface area contributed by atoms with Crippen molar-refractivity contribution in [3.05, 3.63) is 85.3 Å². The van der Waals surface area contributed by atoms with Crippen LogP contribution in [0.15, 0.2) is 90.2 Å². The van der Waals surface area contributed by atoms with Crippen LogP contribution in [0.1, 0.15) is 20.3 Å². The predicted molar refractivity (Wildman–Crippen MR) is 137 cm³/mol. The lowest BCUT2D eigenvalue weighted by molar-refractivity contribution is 0.589. The number of aromatic nitrogens is 3. The number of hydrogen-bond donors (Lipinski definition) is 1. The van der Waals surface area contributed by atoms with Crippen LogP contribution in [0, 0.1) is 5.92 Å². The molecule has 0 spiro atoms. The largest absolute Gasteiger partial charge is 0.369 e. The molecule has 172 valence electrons. The minimum absolute atomic E-state index is 0.255. The van der Waals surface area contributed by atoms with E-state index < -0.39 is 10.0 Å². The SMILES string of the molecule is CC(C)CCNc1ncnc2ccc(-c3cn(S(=O)(=O)c4ccccc4)c4ccccc34)cc12. The van der Waals surface area contributed by atoms with E-state index in [1.165, 1.54) is 3.97 Å². The van der Waals surface area contributed by atoms with Gasteiger partial charge in [0.05, 0.1) is 15.9 Å². The summed E-state index contributed by atoms with van der Waals surface area (Å²) < 4.78 is 28.3. The second-order valence-electron chi connectivity index (χ2n) is 8.74. The zero-order chi connectivity index (χ0) is 23.7. The third kappa shape index (κ3) is 4.03. The van der Waals surface area contributed by atoms with Gasteiger partial charge in [-0.2, -0.15) is 0 Å². The molecule has 2 heterocycles. The minimum Gasteiger partial charge on any atom is -0.369 e. The number of benzene rings is 3. The van der Waals surface area contributed by atoms with Gasteiger partial charge in [0.25, 0.3) is 10.0 Å². The van der Waals surface area contributed by atoms with Gasteiger partial charge in [0, 0.05) is 29.1 Å².